The van der Waals surface area contributed by atoms with Crippen molar-refractivity contribution in [2.45, 2.75) is 69.4 Å². The summed E-state index contributed by atoms with van der Waals surface area (Å²) in [6.07, 6.45) is 14.4. The summed E-state index contributed by atoms with van der Waals surface area (Å²) in [5.41, 5.74) is -0.657. The van der Waals surface area contributed by atoms with Crippen LogP contribution in [0.25, 0.3) is 0 Å². The van der Waals surface area contributed by atoms with Crippen molar-refractivity contribution in [1.82, 2.24) is 10.2 Å². The van der Waals surface area contributed by atoms with Crippen molar-refractivity contribution in [1.29, 1.82) is 0 Å². The monoisotopic (exact) mass is 396 g/mol. The molecule has 2 N–H and O–H groups in total. The number of likely N-dealkylation sites (tertiary alicyclic amines) is 1. The molecule has 2 unspecified atom stereocenters. The second-order valence-corrected chi connectivity index (χ2v) is 9.31. The number of carbonyl (C=O) groups is 1. The standard InChI is InChI=1S/C25H36N2O2/c28-24(25(29,22-13-7-8-14-22)21-11-5-2-6-12-21)26-23-15-17-27(18-16-23)19-20-9-3-1-4-10-20/h1-3,5-6,11-12,20,22-23,29H,4,7-10,13-19H2,(H,26,28). The maximum absolute atomic E-state index is 13.3. The van der Waals surface area contributed by atoms with Gasteiger partial charge in [-0.25, -0.2) is 0 Å². The van der Waals surface area contributed by atoms with Gasteiger partial charge in [0.05, 0.1) is 0 Å². The van der Waals surface area contributed by atoms with Gasteiger partial charge >= 0.3 is 0 Å². The number of piperidine rings is 1. The van der Waals surface area contributed by atoms with Gasteiger partial charge in [-0.1, -0.05) is 55.3 Å². The molecule has 29 heavy (non-hydrogen) atoms. The summed E-state index contributed by atoms with van der Waals surface area (Å²) in [6, 6.07) is 9.75. The van der Waals surface area contributed by atoms with E-state index in [9.17, 15) is 9.90 Å². The Labute approximate surface area is 175 Å². The van der Waals surface area contributed by atoms with E-state index in [0.717, 1.165) is 63.1 Å². The molecule has 4 rings (SSSR count). The van der Waals surface area contributed by atoms with Crippen molar-refractivity contribution in [3.05, 3.63) is 48.0 Å². The summed E-state index contributed by atoms with van der Waals surface area (Å²) in [6.45, 7) is 3.26. The van der Waals surface area contributed by atoms with E-state index in [-0.39, 0.29) is 17.9 Å². The van der Waals surface area contributed by atoms with Crippen LogP contribution >= 0.6 is 0 Å². The number of hydrogen-bond donors (Lipinski definition) is 2. The number of nitrogens with zero attached hydrogens (tertiary/aromatic N) is 1. The number of carbonyl (C=O) groups excluding carboxylic acids is 1. The van der Waals surface area contributed by atoms with Crippen molar-refractivity contribution in [3.8, 4) is 0 Å². The lowest BCUT2D eigenvalue weighted by Gasteiger charge is -2.38. The minimum absolute atomic E-state index is 0.0179. The third-order valence-corrected chi connectivity index (χ3v) is 7.32. The van der Waals surface area contributed by atoms with Crippen LogP contribution in [0.1, 0.15) is 63.4 Å². The van der Waals surface area contributed by atoms with Gasteiger partial charge < -0.3 is 15.3 Å². The van der Waals surface area contributed by atoms with Crippen molar-refractivity contribution < 1.29 is 9.90 Å². The highest BCUT2D eigenvalue weighted by molar-refractivity contribution is 5.87. The maximum atomic E-state index is 13.3. The molecule has 2 fully saturated rings. The summed E-state index contributed by atoms with van der Waals surface area (Å²) < 4.78 is 0. The van der Waals surface area contributed by atoms with E-state index >= 15 is 0 Å². The van der Waals surface area contributed by atoms with E-state index in [0.29, 0.717) is 0 Å². The van der Waals surface area contributed by atoms with E-state index in [1.54, 1.807) is 0 Å². The molecule has 0 spiro atoms. The zero-order chi connectivity index (χ0) is 20.1. The van der Waals surface area contributed by atoms with Crippen LogP contribution < -0.4 is 5.32 Å². The van der Waals surface area contributed by atoms with Crippen molar-refractivity contribution in [3.63, 3.8) is 0 Å². The molecular weight excluding hydrogens is 360 g/mol. The van der Waals surface area contributed by atoms with Gasteiger partial charge in [0.15, 0.2) is 5.60 Å². The Morgan fingerprint density at radius 2 is 1.76 bits per heavy atom. The van der Waals surface area contributed by atoms with Gasteiger partial charge in [-0.15, -0.1) is 0 Å². The molecule has 1 aliphatic heterocycles. The van der Waals surface area contributed by atoms with E-state index in [1.807, 2.05) is 30.3 Å². The molecule has 0 aromatic heterocycles. The van der Waals surface area contributed by atoms with Gasteiger partial charge in [0.2, 0.25) is 0 Å². The fraction of sp³-hybridized carbons (Fsp3) is 0.640. The zero-order valence-electron chi connectivity index (χ0n) is 17.6. The van der Waals surface area contributed by atoms with E-state index < -0.39 is 5.60 Å². The third-order valence-electron chi connectivity index (χ3n) is 7.32. The van der Waals surface area contributed by atoms with E-state index in [4.69, 9.17) is 0 Å². The van der Waals surface area contributed by atoms with Crippen LogP contribution in [-0.2, 0) is 10.4 Å². The minimum atomic E-state index is -1.40. The Balaban J connectivity index is 1.35. The topological polar surface area (TPSA) is 52.6 Å². The number of amides is 1. The van der Waals surface area contributed by atoms with Gasteiger partial charge in [-0.3, -0.25) is 4.79 Å². The van der Waals surface area contributed by atoms with Crippen LogP contribution in [0.2, 0.25) is 0 Å². The largest absolute Gasteiger partial charge is 0.375 e. The number of nitrogens with one attached hydrogen (secondary N) is 1. The lowest BCUT2D eigenvalue weighted by atomic mass is 9.79. The smallest absolute Gasteiger partial charge is 0.257 e. The first-order chi connectivity index (χ1) is 14.2. The van der Waals surface area contributed by atoms with Gasteiger partial charge in [0, 0.05) is 31.6 Å². The molecule has 1 saturated heterocycles. The summed E-state index contributed by atoms with van der Waals surface area (Å²) in [5.74, 6) is 0.618. The molecule has 4 nitrogen and oxygen atoms in total. The fourth-order valence-corrected chi connectivity index (χ4v) is 5.53. The molecule has 2 aliphatic carbocycles. The SMILES string of the molecule is O=C(NC1CCN(CC2CC=CCC2)CC1)C(O)(c1ccccc1)C1CCCC1. The number of benzene rings is 1. The lowest BCUT2D eigenvalue weighted by Crippen LogP contribution is -2.54. The average Bonchev–Trinajstić information content (AvgIpc) is 3.31. The average molecular weight is 397 g/mol. The molecule has 2 atom stereocenters. The van der Waals surface area contributed by atoms with Gasteiger partial charge in [-0.05, 0) is 56.4 Å². The summed E-state index contributed by atoms with van der Waals surface area (Å²) >= 11 is 0. The molecule has 0 bridgehead atoms. The highest BCUT2D eigenvalue weighted by Crippen LogP contribution is 2.41. The van der Waals surface area contributed by atoms with Crippen LogP contribution in [0.3, 0.4) is 0 Å². The van der Waals surface area contributed by atoms with Gasteiger partial charge in [0.25, 0.3) is 5.91 Å². The molecule has 4 heteroatoms. The molecular formula is C25H36N2O2. The molecule has 1 aromatic carbocycles. The number of rotatable bonds is 6. The first-order valence-corrected chi connectivity index (χ1v) is 11.6. The van der Waals surface area contributed by atoms with Gasteiger partial charge in [0.1, 0.15) is 0 Å². The third kappa shape index (κ3) is 4.75. The predicted octanol–water partition coefficient (Wildman–Crippen LogP) is 4.00. The summed E-state index contributed by atoms with van der Waals surface area (Å²) in [7, 11) is 0. The van der Waals surface area contributed by atoms with Crippen LogP contribution in [-0.4, -0.2) is 41.6 Å². The maximum Gasteiger partial charge on any atom is 0.257 e. The predicted molar refractivity (Wildman–Crippen MR) is 116 cm³/mol. The lowest BCUT2D eigenvalue weighted by molar-refractivity contribution is -0.148. The molecule has 1 amide bonds. The van der Waals surface area contributed by atoms with Crippen LogP contribution in [0, 0.1) is 11.8 Å². The van der Waals surface area contributed by atoms with Gasteiger partial charge in [-0.2, -0.15) is 0 Å². The number of aliphatic hydroxyl groups is 1. The second-order valence-electron chi connectivity index (χ2n) is 9.31. The van der Waals surface area contributed by atoms with Crippen molar-refractivity contribution >= 4 is 5.91 Å². The summed E-state index contributed by atoms with van der Waals surface area (Å²) in [5, 5.41) is 14.9. The summed E-state index contributed by atoms with van der Waals surface area (Å²) in [4.78, 5) is 15.9. The van der Waals surface area contributed by atoms with E-state index in [1.165, 1.54) is 25.8 Å². The highest BCUT2D eigenvalue weighted by Gasteiger charge is 2.46. The van der Waals surface area contributed by atoms with Crippen LogP contribution in [0.15, 0.2) is 42.5 Å². The Morgan fingerprint density at radius 1 is 1.03 bits per heavy atom. The molecule has 1 aromatic rings. The van der Waals surface area contributed by atoms with Crippen LogP contribution in [0.4, 0.5) is 0 Å². The first kappa shape index (κ1) is 20.6. The molecule has 1 saturated carbocycles. The quantitative estimate of drug-likeness (QED) is 0.715. The van der Waals surface area contributed by atoms with Crippen LogP contribution in [0.5, 0.6) is 0 Å². The molecule has 1 heterocycles. The van der Waals surface area contributed by atoms with Crippen molar-refractivity contribution in [2.24, 2.45) is 11.8 Å². The highest BCUT2D eigenvalue weighted by atomic mass is 16.3. The number of hydrogen-bond acceptors (Lipinski definition) is 3. The zero-order valence-corrected chi connectivity index (χ0v) is 17.6. The number of allylic oxidation sites excluding steroid dienone is 2. The fourth-order valence-electron chi connectivity index (χ4n) is 5.53. The Hall–Kier alpha value is -1.65. The van der Waals surface area contributed by atoms with E-state index in [2.05, 4.69) is 22.4 Å². The normalized spacial score (nSPS) is 26.3. The second kappa shape index (κ2) is 9.44. The molecule has 158 valence electrons. The Morgan fingerprint density at radius 3 is 2.41 bits per heavy atom. The molecule has 0 radical (unpaired) electrons. The molecule has 3 aliphatic rings. The Bertz CT molecular complexity index is 690. The minimum Gasteiger partial charge on any atom is -0.375 e. The Kier molecular flexibility index (Phi) is 6.71. The van der Waals surface area contributed by atoms with Crippen molar-refractivity contribution in [2.75, 3.05) is 19.6 Å². The first-order valence-electron chi connectivity index (χ1n) is 11.6.